The minimum atomic E-state index is -0.960. The molecule has 0 saturated heterocycles. The first kappa shape index (κ1) is 16.9. The molecule has 0 aliphatic heterocycles. The van der Waals surface area contributed by atoms with Gasteiger partial charge in [0.05, 0.1) is 0 Å². The number of nitrogens with zero attached hydrogens (tertiary/aromatic N) is 2. The summed E-state index contributed by atoms with van der Waals surface area (Å²) in [5.74, 6) is -1.17. The number of rotatable bonds is 5. The number of hydrogen-bond donors (Lipinski definition) is 3. The molecule has 4 N–H and O–H groups in total. The molecule has 3 aromatic rings. The molecule has 0 saturated carbocycles. The van der Waals surface area contributed by atoms with E-state index in [1.807, 2.05) is 12.1 Å². The van der Waals surface area contributed by atoms with Crippen LogP contribution < -0.4 is 16.4 Å². The Balaban J connectivity index is 1.75. The number of hydrogen-bond acceptors (Lipinski definition) is 5. The molecule has 25 heavy (non-hydrogen) atoms. The predicted molar refractivity (Wildman–Crippen MR) is 94.9 cm³/mol. The highest BCUT2D eigenvalue weighted by Crippen LogP contribution is 2.26. The van der Waals surface area contributed by atoms with Gasteiger partial charge in [-0.1, -0.05) is 23.7 Å². The van der Waals surface area contributed by atoms with Crippen molar-refractivity contribution in [3.63, 3.8) is 0 Å². The summed E-state index contributed by atoms with van der Waals surface area (Å²) >= 11 is 5.85. The van der Waals surface area contributed by atoms with Gasteiger partial charge in [-0.25, -0.2) is 18.7 Å². The van der Waals surface area contributed by atoms with Gasteiger partial charge in [-0.3, -0.25) is 0 Å². The highest BCUT2D eigenvalue weighted by molar-refractivity contribution is 6.30. The molecule has 0 aliphatic carbocycles. The highest BCUT2D eigenvalue weighted by Gasteiger charge is 2.10. The van der Waals surface area contributed by atoms with E-state index in [9.17, 15) is 8.78 Å². The van der Waals surface area contributed by atoms with Crippen molar-refractivity contribution in [2.75, 3.05) is 16.4 Å². The number of aromatic nitrogens is 2. The first-order valence-corrected chi connectivity index (χ1v) is 7.71. The van der Waals surface area contributed by atoms with Crippen molar-refractivity contribution < 1.29 is 8.78 Å². The van der Waals surface area contributed by atoms with Gasteiger partial charge in [0.15, 0.2) is 23.3 Å². The Bertz CT molecular complexity index is 887. The molecule has 0 aliphatic rings. The molecule has 1 aromatic heterocycles. The number of halogens is 3. The Hall–Kier alpha value is -2.93. The zero-order valence-corrected chi connectivity index (χ0v) is 13.7. The first-order chi connectivity index (χ1) is 12.0. The maximum atomic E-state index is 13.3. The number of anilines is 4. The van der Waals surface area contributed by atoms with Crippen LogP contribution in [0.15, 0.2) is 48.8 Å². The van der Waals surface area contributed by atoms with Crippen LogP contribution in [0.2, 0.25) is 5.02 Å². The molecular weight excluding hydrogens is 348 g/mol. The van der Waals surface area contributed by atoms with E-state index in [0.29, 0.717) is 28.9 Å². The van der Waals surface area contributed by atoms with Gasteiger partial charge in [0.2, 0.25) is 0 Å². The summed E-state index contributed by atoms with van der Waals surface area (Å²) < 4.78 is 26.3. The summed E-state index contributed by atoms with van der Waals surface area (Å²) in [4.78, 5) is 8.13. The average Bonchev–Trinajstić information content (AvgIpc) is 2.60. The summed E-state index contributed by atoms with van der Waals surface area (Å²) in [6.45, 7) is 0.489. The predicted octanol–water partition coefficient (Wildman–Crippen LogP) is 4.35. The van der Waals surface area contributed by atoms with Gasteiger partial charge in [0.25, 0.3) is 0 Å². The van der Waals surface area contributed by atoms with Crippen molar-refractivity contribution in [2.24, 2.45) is 0 Å². The summed E-state index contributed by atoms with van der Waals surface area (Å²) in [6.07, 6.45) is 1.32. The van der Waals surface area contributed by atoms with Crippen LogP contribution in [-0.4, -0.2) is 9.97 Å². The average molecular weight is 362 g/mol. The SMILES string of the molecule is Nc1c(NCc2ccc(Cl)cc2)ncnc1Nc1ccc(F)c(F)c1. The van der Waals surface area contributed by atoms with E-state index in [1.165, 1.54) is 12.4 Å². The van der Waals surface area contributed by atoms with Crippen LogP contribution in [0.3, 0.4) is 0 Å². The Labute approximate surface area is 147 Å². The van der Waals surface area contributed by atoms with Crippen molar-refractivity contribution in [3.8, 4) is 0 Å². The van der Waals surface area contributed by atoms with Crippen molar-refractivity contribution in [2.45, 2.75) is 6.54 Å². The Kier molecular flexibility index (Phi) is 4.95. The topological polar surface area (TPSA) is 75.9 Å². The van der Waals surface area contributed by atoms with Crippen LogP contribution in [0, 0.1) is 11.6 Å². The lowest BCUT2D eigenvalue weighted by atomic mass is 10.2. The molecule has 0 spiro atoms. The molecule has 128 valence electrons. The quantitative estimate of drug-likeness (QED) is 0.630. The Morgan fingerprint density at radius 3 is 2.40 bits per heavy atom. The van der Waals surface area contributed by atoms with E-state index in [2.05, 4.69) is 20.6 Å². The Morgan fingerprint density at radius 2 is 1.68 bits per heavy atom. The summed E-state index contributed by atoms with van der Waals surface area (Å²) in [5.41, 5.74) is 7.64. The molecule has 5 nitrogen and oxygen atoms in total. The van der Waals surface area contributed by atoms with Crippen molar-refractivity contribution in [3.05, 3.63) is 71.0 Å². The van der Waals surface area contributed by atoms with E-state index in [-0.39, 0.29) is 5.69 Å². The number of nitrogens with one attached hydrogen (secondary N) is 2. The van der Waals surface area contributed by atoms with Crippen LogP contribution in [0.5, 0.6) is 0 Å². The molecule has 0 radical (unpaired) electrons. The zero-order valence-electron chi connectivity index (χ0n) is 12.9. The summed E-state index contributed by atoms with van der Waals surface area (Å²) in [5, 5.41) is 6.60. The van der Waals surface area contributed by atoms with E-state index in [1.54, 1.807) is 12.1 Å². The fraction of sp³-hybridized carbons (Fsp3) is 0.0588. The minimum absolute atomic E-state index is 0.265. The fourth-order valence-corrected chi connectivity index (χ4v) is 2.26. The standard InChI is InChI=1S/C17H14ClF2N5/c18-11-3-1-10(2-4-11)8-22-16-15(21)17(24-9-23-16)25-12-5-6-13(19)14(20)7-12/h1-7,9H,8,21H2,(H2,22,23,24,25). The molecular formula is C17H14ClF2N5. The normalized spacial score (nSPS) is 10.5. The lowest BCUT2D eigenvalue weighted by molar-refractivity contribution is 0.509. The zero-order chi connectivity index (χ0) is 17.8. The van der Waals surface area contributed by atoms with Gasteiger partial charge in [-0.05, 0) is 29.8 Å². The number of benzene rings is 2. The molecule has 2 aromatic carbocycles. The smallest absolute Gasteiger partial charge is 0.160 e. The lowest BCUT2D eigenvalue weighted by Crippen LogP contribution is -2.08. The maximum absolute atomic E-state index is 13.3. The van der Waals surface area contributed by atoms with Crippen molar-refractivity contribution >= 4 is 34.6 Å². The van der Waals surface area contributed by atoms with Gasteiger partial charge in [0, 0.05) is 23.3 Å². The molecule has 0 unspecified atom stereocenters. The second-order valence-corrected chi connectivity index (χ2v) is 5.65. The number of nitrogen functional groups attached to an aromatic ring is 1. The Morgan fingerprint density at radius 1 is 0.960 bits per heavy atom. The van der Waals surface area contributed by atoms with E-state index >= 15 is 0 Å². The molecule has 0 atom stereocenters. The molecule has 8 heteroatoms. The first-order valence-electron chi connectivity index (χ1n) is 7.34. The third kappa shape index (κ3) is 4.13. The van der Waals surface area contributed by atoms with Crippen LogP contribution in [-0.2, 0) is 6.54 Å². The van der Waals surface area contributed by atoms with Gasteiger partial charge < -0.3 is 16.4 Å². The van der Waals surface area contributed by atoms with Gasteiger partial charge >= 0.3 is 0 Å². The maximum Gasteiger partial charge on any atom is 0.160 e. The summed E-state index contributed by atoms with van der Waals surface area (Å²) in [6, 6.07) is 10.8. The third-order valence-electron chi connectivity index (χ3n) is 3.44. The van der Waals surface area contributed by atoms with Crippen LogP contribution in [0.25, 0.3) is 0 Å². The van der Waals surface area contributed by atoms with Crippen LogP contribution in [0.4, 0.5) is 31.8 Å². The van der Waals surface area contributed by atoms with Gasteiger partial charge in [-0.2, -0.15) is 0 Å². The van der Waals surface area contributed by atoms with Gasteiger partial charge in [0.1, 0.15) is 12.0 Å². The van der Waals surface area contributed by atoms with E-state index < -0.39 is 11.6 Å². The largest absolute Gasteiger partial charge is 0.393 e. The molecule has 0 fully saturated rings. The van der Waals surface area contributed by atoms with Crippen LogP contribution >= 0.6 is 11.6 Å². The van der Waals surface area contributed by atoms with Crippen molar-refractivity contribution in [1.82, 2.24) is 9.97 Å². The molecule has 3 rings (SSSR count). The lowest BCUT2D eigenvalue weighted by Gasteiger charge is -2.13. The molecule has 0 amide bonds. The fourth-order valence-electron chi connectivity index (χ4n) is 2.13. The van der Waals surface area contributed by atoms with Crippen molar-refractivity contribution in [1.29, 1.82) is 0 Å². The monoisotopic (exact) mass is 361 g/mol. The highest BCUT2D eigenvalue weighted by atomic mass is 35.5. The third-order valence-corrected chi connectivity index (χ3v) is 3.69. The second-order valence-electron chi connectivity index (χ2n) is 5.22. The van der Waals surface area contributed by atoms with E-state index in [0.717, 1.165) is 17.7 Å². The molecule has 1 heterocycles. The second kappa shape index (κ2) is 7.31. The van der Waals surface area contributed by atoms with E-state index in [4.69, 9.17) is 17.3 Å². The minimum Gasteiger partial charge on any atom is -0.393 e. The van der Waals surface area contributed by atoms with Gasteiger partial charge in [-0.15, -0.1) is 0 Å². The summed E-state index contributed by atoms with van der Waals surface area (Å²) in [7, 11) is 0. The number of nitrogens with two attached hydrogens (primary N) is 1. The van der Waals surface area contributed by atoms with Crippen LogP contribution in [0.1, 0.15) is 5.56 Å². The molecule has 0 bridgehead atoms.